The van der Waals surface area contributed by atoms with Crippen molar-refractivity contribution in [3.05, 3.63) is 35.9 Å². The van der Waals surface area contributed by atoms with Gasteiger partial charge >= 0.3 is 0 Å². The van der Waals surface area contributed by atoms with Crippen LogP contribution in [0.2, 0.25) is 0 Å². The Kier molecular flexibility index (Phi) is 2.94. The van der Waals surface area contributed by atoms with E-state index in [1.54, 1.807) is 0 Å². The van der Waals surface area contributed by atoms with E-state index in [1.165, 1.54) is 44.6 Å². The fourth-order valence-corrected chi connectivity index (χ4v) is 2.88. The highest BCUT2D eigenvalue weighted by Crippen LogP contribution is 2.27. The second-order valence-electron chi connectivity index (χ2n) is 5.12. The molecule has 2 saturated heterocycles. The summed E-state index contributed by atoms with van der Waals surface area (Å²) in [6.45, 7) is 4.98. The molecule has 3 rings (SSSR count). The molecule has 0 bridgehead atoms. The molecular formula is C14H20N2. The molecule has 2 aliphatic heterocycles. The molecule has 1 aromatic rings. The van der Waals surface area contributed by atoms with Crippen LogP contribution in [0.3, 0.4) is 0 Å². The van der Waals surface area contributed by atoms with Crippen LogP contribution in [0, 0.1) is 0 Å². The lowest BCUT2D eigenvalue weighted by Gasteiger charge is -2.41. The van der Waals surface area contributed by atoms with Gasteiger partial charge < -0.3 is 10.2 Å². The molecule has 1 unspecified atom stereocenters. The molecule has 1 aromatic carbocycles. The van der Waals surface area contributed by atoms with Gasteiger partial charge in [-0.25, -0.2) is 0 Å². The Morgan fingerprint density at radius 3 is 2.69 bits per heavy atom. The summed E-state index contributed by atoms with van der Waals surface area (Å²) in [7, 11) is 0. The molecule has 1 atom stereocenters. The van der Waals surface area contributed by atoms with E-state index in [4.69, 9.17) is 0 Å². The largest absolute Gasteiger partial charge is 0.313 e. The standard InChI is InChI=1S/C14H20N2/c1-2-5-12(6-3-1)13-9-16(10-13)11-14-7-4-8-15-14/h1-3,5-6,13-15H,4,7-11H2. The van der Waals surface area contributed by atoms with Crippen LogP contribution >= 0.6 is 0 Å². The zero-order valence-corrected chi connectivity index (χ0v) is 9.73. The summed E-state index contributed by atoms with van der Waals surface area (Å²) < 4.78 is 0. The Labute approximate surface area is 97.6 Å². The number of nitrogens with zero attached hydrogens (tertiary/aromatic N) is 1. The van der Waals surface area contributed by atoms with E-state index in [-0.39, 0.29) is 0 Å². The maximum Gasteiger partial charge on any atom is 0.0195 e. The summed E-state index contributed by atoms with van der Waals surface area (Å²) in [5, 5.41) is 3.57. The first-order chi connectivity index (χ1) is 7.92. The van der Waals surface area contributed by atoms with E-state index in [0.29, 0.717) is 0 Å². The smallest absolute Gasteiger partial charge is 0.0195 e. The van der Waals surface area contributed by atoms with Gasteiger partial charge in [0.15, 0.2) is 0 Å². The van der Waals surface area contributed by atoms with Crippen molar-refractivity contribution < 1.29 is 0 Å². The molecule has 0 aromatic heterocycles. The Morgan fingerprint density at radius 1 is 1.19 bits per heavy atom. The summed E-state index contributed by atoms with van der Waals surface area (Å²) in [5.41, 5.74) is 1.51. The lowest BCUT2D eigenvalue weighted by molar-refractivity contribution is 0.135. The predicted octanol–water partition coefficient (Wildman–Crippen LogP) is 1.84. The van der Waals surface area contributed by atoms with Crippen LogP contribution in [-0.2, 0) is 0 Å². The van der Waals surface area contributed by atoms with Gasteiger partial charge in [-0.15, -0.1) is 0 Å². The van der Waals surface area contributed by atoms with Gasteiger partial charge in [0.1, 0.15) is 0 Å². The van der Waals surface area contributed by atoms with Gasteiger partial charge in [-0.2, -0.15) is 0 Å². The summed E-state index contributed by atoms with van der Waals surface area (Å²) in [4.78, 5) is 2.58. The van der Waals surface area contributed by atoms with Gasteiger partial charge in [0, 0.05) is 31.6 Å². The first-order valence-electron chi connectivity index (χ1n) is 6.42. The highest BCUT2D eigenvalue weighted by Gasteiger charge is 2.29. The third-order valence-corrected chi connectivity index (χ3v) is 3.87. The van der Waals surface area contributed by atoms with E-state index in [2.05, 4.69) is 40.5 Å². The van der Waals surface area contributed by atoms with Crippen molar-refractivity contribution in [3.8, 4) is 0 Å². The van der Waals surface area contributed by atoms with E-state index in [9.17, 15) is 0 Å². The Morgan fingerprint density at radius 2 is 2.00 bits per heavy atom. The first-order valence-corrected chi connectivity index (χ1v) is 6.42. The Hall–Kier alpha value is -0.860. The molecule has 2 aliphatic rings. The third kappa shape index (κ3) is 2.13. The number of hydrogen-bond acceptors (Lipinski definition) is 2. The van der Waals surface area contributed by atoms with Gasteiger partial charge in [0.25, 0.3) is 0 Å². The highest BCUT2D eigenvalue weighted by molar-refractivity contribution is 5.22. The van der Waals surface area contributed by atoms with Crippen molar-refractivity contribution in [3.63, 3.8) is 0 Å². The van der Waals surface area contributed by atoms with Crippen molar-refractivity contribution in [2.75, 3.05) is 26.2 Å². The van der Waals surface area contributed by atoms with Gasteiger partial charge in [-0.05, 0) is 24.9 Å². The molecule has 0 saturated carbocycles. The van der Waals surface area contributed by atoms with Gasteiger partial charge in [-0.3, -0.25) is 0 Å². The minimum atomic E-state index is 0.761. The molecule has 0 radical (unpaired) electrons. The molecule has 1 N–H and O–H groups in total. The van der Waals surface area contributed by atoms with Crippen LogP contribution in [0.1, 0.15) is 24.3 Å². The lowest BCUT2D eigenvalue weighted by Crippen LogP contribution is -2.49. The summed E-state index contributed by atoms with van der Waals surface area (Å²) in [6, 6.07) is 11.7. The molecule has 0 amide bonds. The predicted molar refractivity (Wildman–Crippen MR) is 66.6 cm³/mol. The van der Waals surface area contributed by atoms with Crippen LogP contribution in [0.15, 0.2) is 30.3 Å². The zero-order chi connectivity index (χ0) is 10.8. The van der Waals surface area contributed by atoms with Crippen molar-refractivity contribution in [1.82, 2.24) is 10.2 Å². The van der Waals surface area contributed by atoms with Crippen molar-refractivity contribution in [1.29, 1.82) is 0 Å². The second kappa shape index (κ2) is 4.56. The monoisotopic (exact) mass is 216 g/mol. The number of hydrogen-bond donors (Lipinski definition) is 1. The van der Waals surface area contributed by atoms with E-state index in [1.807, 2.05) is 0 Å². The number of benzene rings is 1. The fraction of sp³-hybridized carbons (Fsp3) is 0.571. The van der Waals surface area contributed by atoms with Crippen LogP contribution in [0.5, 0.6) is 0 Å². The van der Waals surface area contributed by atoms with Crippen LogP contribution in [-0.4, -0.2) is 37.1 Å². The molecule has 0 aliphatic carbocycles. The molecule has 2 fully saturated rings. The van der Waals surface area contributed by atoms with Crippen LogP contribution in [0.4, 0.5) is 0 Å². The van der Waals surface area contributed by atoms with Gasteiger partial charge in [0.2, 0.25) is 0 Å². The average molecular weight is 216 g/mol. The van der Waals surface area contributed by atoms with E-state index in [0.717, 1.165) is 12.0 Å². The molecule has 2 heterocycles. The lowest BCUT2D eigenvalue weighted by atomic mass is 9.91. The number of rotatable bonds is 3. The van der Waals surface area contributed by atoms with Crippen molar-refractivity contribution >= 4 is 0 Å². The second-order valence-corrected chi connectivity index (χ2v) is 5.12. The average Bonchev–Trinajstić information content (AvgIpc) is 2.77. The van der Waals surface area contributed by atoms with E-state index >= 15 is 0 Å². The molecule has 2 nitrogen and oxygen atoms in total. The normalized spacial score (nSPS) is 26.9. The molecule has 16 heavy (non-hydrogen) atoms. The first kappa shape index (κ1) is 10.3. The highest BCUT2D eigenvalue weighted by atomic mass is 15.2. The number of nitrogens with one attached hydrogen (secondary N) is 1. The number of likely N-dealkylation sites (tertiary alicyclic amines) is 1. The molecule has 2 heteroatoms. The summed E-state index contributed by atoms with van der Waals surface area (Å²) in [5.74, 6) is 0.780. The topological polar surface area (TPSA) is 15.3 Å². The fourth-order valence-electron chi connectivity index (χ4n) is 2.88. The van der Waals surface area contributed by atoms with Gasteiger partial charge in [-0.1, -0.05) is 30.3 Å². The third-order valence-electron chi connectivity index (χ3n) is 3.87. The zero-order valence-electron chi connectivity index (χ0n) is 9.73. The summed E-state index contributed by atoms with van der Waals surface area (Å²) >= 11 is 0. The minimum absolute atomic E-state index is 0.761. The minimum Gasteiger partial charge on any atom is -0.313 e. The molecular weight excluding hydrogens is 196 g/mol. The van der Waals surface area contributed by atoms with E-state index < -0.39 is 0 Å². The maximum atomic E-state index is 3.57. The van der Waals surface area contributed by atoms with Crippen LogP contribution < -0.4 is 5.32 Å². The SMILES string of the molecule is c1ccc(C2CN(CC3CCCN3)C2)cc1. The van der Waals surface area contributed by atoms with Crippen LogP contribution in [0.25, 0.3) is 0 Å². The summed E-state index contributed by atoms with van der Waals surface area (Å²) in [6.07, 6.45) is 2.73. The van der Waals surface area contributed by atoms with Gasteiger partial charge in [0.05, 0.1) is 0 Å². The van der Waals surface area contributed by atoms with Crippen molar-refractivity contribution in [2.45, 2.75) is 24.8 Å². The Balaban J connectivity index is 1.47. The molecule has 0 spiro atoms. The van der Waals surface area contributed by atoms with Crippen molar-refractivity contribution in [2.24, 2.45) is 0 Å². The quantitative estimate of drug-likeness (QED) is 0.829. The molecule has 86 valence electrons. The maximum absolute atomic E-state index is 3.57. The Bertz CT molecular complexity index is 324.